The summed E-state index contributed by atoms with van der Waals surface area (Å²) in [6.45, 7) is 4.92. The second-order valence-corrected chi connectivity index (χ2v) is 7.50. The molecule has 3 rings (SSSR count). The van der Waals surface area contributed by atoms with Crippen molar-refractivity contribution in [1.29, 1.82) is 0 Å². The van der Waals surface area contributed by atoms with Gasteiger partial charge in [-0.25, -0.2) is 0 Å². The highest BCUT2D eigenvalue weighted by molar-refractivity contribution is 7.80. The van der Waals surface area contributed by atoms with Crippen LogP contribution in [0.1, 0.15) is 32.1 Å². The molecule has 138 valence electrons. The average molecular weight is 365 g/mol. The van der Waals surface area contributed by atoms with Gasteiger partial charge in [0.05, 0.1) is 26.9 Å². The van der Waals surface area contributed by atoms with Crippen LogP contribution in [0.5, 0.6) is 5.75 Å². The van der Waals surface area contributed by atoms with E-state index in [0.29, 0.717) is 10.7 Å². The lowest BCUT2D eigenvalue weighted by Crippen LogP contribution is -3.23. The highest BCUT2D eigenvalue weighted by Gasteiger charge is 2.42. The Labute approximate surface area is 156 Å². The number of ether oxygens (including phenoxy) is 2. The van der Waals surface area contributed by atoms with E-state index in [9.17, 15) is 0 Å². The third-order valence-electron chi connectivity index (χ3n) is 5.59. The predicted molar refractivity (Wildman–Crippen MR) is 105 cm³/mol. The summed E-state index contributed by atoms with van der Waals surface area (Å²) in [7, 11) is 1.67. The molecule has 0 atom stereocenters. The third kappa shape index (κ3) is 4.84. The van der Waals surface area contributed by atoms with E-state index in [4.69, 9.17) is 21.7 Å². The summed E-state index contributed by atoms with van der Waals surface area (Å²) in [4.78, 5) is 1.69. The van der Waals surface area contributed by atoms with Gasteiger partial charge >= 0.3 is 0 Å². The van der Waals surface area contributed by atoms with Gasteiger partial charge in [-0.2, -0.15) is 0 Å². The van der Waals surface area contributed by atoms with Gasteiger partial charge in [0, 0.05) is 18.5 Å². The standard InChI is InChI=1S/C19H29N3O2S/c1-23-17-7-5-16(6-8-17)21-18(25)20-15-19(9-3-2-4-10-19)22-11-13-24-14-12-22/h5-8H,2-4,9-15H2,1H3,(H2,20,21,25)/p+1. The van der Waals surface area contributed by atoms with Gasteiger partial charge in [-0.1, -0.05) is 6.42 Å². The summed E-state index contributed by atoms with van der Waals surface area (Å²) >= 11 is 5.53. The van der Waals surface area contributed by atoms with Gasteiger partial charge in [-0.15, -0.1) is 0 Å². The van der Waals surface area contributed by atoms with Crippen molar-refractivity contribution in [3.63, 3.8) is 0 Å². The zero-order valence-corrected chi connectivity index (χ0v) is 15.9. The van der Waals surface area contributed by atoms with E-state index in [0.717, 1.165) is 44.3 Å². The van der Waals surface area contributed by atoms with Crippen LogP contribution in [0.2, 0.25) is 0 Å². The molecule has 6 heteroatoms. The SMILES string of the molecule is COc1ccc(NC(=S)NCC2([NH+]3CCOCC3)CCCCC2)cc1. The number of anilines is 1. The summed E-state index contributed by atoms with van der Waals surface area (Å²) in [6.07, 6.45) is 6.57. The molecular weight excluding hydrogens is 334 g/mol. The van der Waals surface area contributed by atoms with Gasteiger partial charge in [0.2, 0.25) is 0 Å². The van der Waals surface area contributed by atoms with Crippen molar-refractivity contribution in [2.45, 2.75) is 37.6 Å². The Kier molecular flexibility index (Phi) is 6.51. The zero-order valence-electron chi connectivity index (χ0n) is 15.1. The Morgan fingerprint density at radius 1 is 1.16 bits per heavy atom. The Bertz CT molecular complexity index is 552. The number of hydrogen-bond acceptors (Lipinski definition) is 3. The third-order valence-corrected chi connectivity index (χ3v) is 5.84. The first-order valence-corrected chi connectivity index (χ1v) is 9.74. The van der Waals surface area contributed by atoms with E-state index in [1.807, 2.05) is 24.3 Å². The van der Waals surface area contributed by atoms with Crippen LogP contribution in [0, 0.1) is 0 Å². The van der Waals surface area contributed by atoms with Crippen LogP contribution in [0.25, 0.3) is 0 Å². The summed E-state index contributed by atoms with van der Waals surface area (Å²) < 4.78 is 10.8. The molecule has 0 bridgehead atoms. The number of hydrogen-bond donors (Lipinski definition) is 3. The van der Waals surface area contributed by atoms with Crippen LogP contribution >= 0.6 is 12.2 Å². The second kappa shape index (κ2) is 8.83. The van der Waals surface area contributed by atoms with E-state index in [1.165, 1.54) is 32.1 Å². The van der Waals surface area contributed by atoms with E-state index in [-0.39, 0.29) is 0 Å². The topological polar surface area (TPSA) is 47.0 Å². The molecule has 0 unspecified atom stereocenters. The minimum atomic E-state index is 0.299. The van der Waals surface area contributed by atoms with Gasteiger partial charge in [-0.3, -0.25) is 0 Å². The maximum Gasteiger partial charge on any atom is 0.171 e. The summed E-state index contributed by atoms with van der Waals surface area (Å²) in [5.74, 6) is 0.849. The minimum Gasteiger partial charge on any atom is -0.497 e. The maximum absolute atomic E-state index is 5.57. The molecule has 2 fully saturated rings. The fourth-order valence-electron chi connectivity index (χ4n) is 4.13. The zero-order chi connectivity index (χ0) is 17.5. The largest absolute Gasteiger partial charge is 0.497 e. The lowest BCUT2D eigenvalue weighted by Gasteiger charge is -2.45. The lowest BCUT2D eigenvalue weighted by atomic mass is 9.80. The summed E-state index contributed by atoms with van der Waals surface area (Å²) in [5, 5.41) is 7.48. The molecule has 5 nitrogen and oxygen atoms in total. The Balaban J connectivity index is 1.57. The van der Waals surface area contributed by atoms with Crippen LogP contribution in [-0.4, -0.2) is 50.6 Å². The van der Waals surface area contributed by atoms with Crippen LogP contribution in [0.4, 0.5) is 5.69 Å². The molecule has 0 radical (unpaired) electrons. The Morgan fingerprint density at radius 3 is 2.48 bits per heavy atom. The summed E-state index contributed by atoms with van der Waals surface area (Å²) in [5.41, 5.74) is 1.28. The van der Waals surface area contributed by atoms with Crippen molar-refractivity contribution in [3.05, 3.63) is 24.3 Å². The fourth-order valence-corrected chi connectivity index (χ4v) is 4.32. The smallest absolute Gasteiger partial charge is 0.171 e. The molecule has 1 saturated carbocycles. The van der Waals surface area contributed by atoms with Crippen molar-refractivity contribution in [3.8, 4) is 5.75 Å². The van der Waals surface area contributed by atoms with E-state index >= 15 is 0 Å². The predicted octanol–water partition coefficient (Wildman–Crippen LogP) is 1.60. The van der Waals surface area contributed by atoms with Crippen LogP contribution in [-0.2, 0) is 4.74 Å². The fraction of sp³-hybridized carbons (Fsp3) is 0.632. The van der Waals surface area contributed by atoms with Crippen LogP contribution < -0.4 is 20.3 Å². The molecule has 1 aromatic rings. The molecule has 3 N–H and O–H groups in total. The molecule has 1 aliphatic carbocycles. The summed E-state index contributed by atoms with van der Waals surface area (Å²) in [6, 6.07) is 7.84. The quantitative estimate of drug-likeness (QED) is 0.693. The van der Waals surface area contributed by atoms with Crippen molar-refractivity contribution in [1.82, 2.24) is 5.32 Å². The lowest BCUT2D eigenvalue weighted by molar-refractivity contribution is -0.960. The van der Waals surface area contributed by atoms with Gasteiger partial charge in [0.15, 0.2) is 5.11 Å². The molecule has 0 spiro atoms. The molecule has 1 aromatic carbocycles. The van der Waals surface area contributed by atoms with Crippen molar-refractivity contribution < 1.29 is 14.4 Å². The molecule has 0 amide bonds. The highest BCUT2D eigenvalue weighted by atomic mass is 32.1. The average Bonchev–Trinajstić information content (AvgIpc) is 2.68. The van der Waals surface area contributed by atoms with Gasteiger partial charge in [0.25, 0.3) is 0 Å². The molecular formula is C19H30N3O2S+. The van der Waals surface area contributed by atoms with Crippen molar-refractivity contribution in [2.75, 3.05) is 45.3 Å². The number of morpholine rings is 1. The second-order valence-electron chi connectivity index (χ2n) is 7.09. The maximum atomic E-state index is 5.57. The van der Waals surface area contributed by atoms with Crippen molar-refractivity contribution >= 4 is 23.0 Å². The number of nitrogens with one attached hydrogen (secondary N) is 3. The highest BCUT2D eigenvalue weighted by Crippen LogP contribution is 2.25. The van der Waals surface area contributed by atoms with E-state index in [2.05, 4.69) is 10.6 Å². The van der Waals surface area contributed by atoms with E-state index in [1.54, 1.807) is 12.0 Å². The van der Waals surface area contributed by atoms with Gasteiger partial charge in [0.1, 0.15) is 24.4 Å². The first kappa shape index (κ1) is 18.4. The van der Waals surface area contributed by atoms with Crippen LogP contribution in [0.3, 0.4) is 0 Å². The molecule has 0 aromatic heterocycles. The van der Waals surface area contributed by atoms with Crippen molar-refractivity contribution in [2.24, 2.45) is 0 Å². The van der Waals surface area contributed by atoms with Gasteiger partial charge in [-0.05, 0) is 49.3 Å². The van der Waals surface area contributed by atoms with Gasteiger partial charge < -0.3 is 25.0 Å². The number of methoxy groups -OCH3 is 1. The molecule has 2 aliphatic rings. The molecule has 1 saturated heterocycles. The van der Waals surface area contributed by atoms with E-state index < -0.39 is 0 Å². The monoisotopic (exact) mass is 364 g/mol. The van der Waals surface area contributed by atoms with Crippen LogP contribution in [0.15, 0.2) is 24.3 Å². The first-order chi connectivity index (χ1) is 12.2. The molecule has 1 aliphatic heterocycles. The number of benzene rings is 1. The number of quaternary nitrogens is 1. The molecule has 25 heavy (non-hydrogen) atoms. The molecule has 1 heterocycles. The normalized spacial score (nSPS) is 20.7. The number of thiocarbonyl (C=S) groups is 1. The Morgan fingerprint density at radius 2 is 1.84 bits per heavy atom. The first-order valence-electron chi connectivity index (χ1n) is 9.34. The number of rotatable bonds is 5. The Hall–Kier alpha value is -1.37. The minimum absolute atomic E-state index is 0.299.